The maximum atomic E-state index is 13.6. The summed E-state index contributed by atoms with van der Waals surface area (Å²) in [6, 6.07) is 2.09. The molecule has 106 valence electrons. The average molecular weight is 288 g/mol. The zero-order valence-electron chi connectivity index (χ0n) is 9.96. The number of aromatic nitrogens is 1. The lowest BCUT2D eigenvalue weighted by Gasteiger charge is -2.18. The van der Waals surface area contributed by atoms with Crippen molar-refractivity contribution < 1.29 is 22.0 Å². The van der Waals surface area contributed by atoms with E-state index in [0.29, 0.717) is 6.07 Å². The number of nitrogens with zero attached hydrogens (tertiary/aromatic N) is 1. The highest BCUT2D eigenvalue weighted by Crippen LogP contribution is 2.36. The smallest absolute Gasteiger partial charge is 0.320 e. The van der Waals surface area contributed by atoms with Gasteiger partial charge in [-0.2, -0.15) is 13.2 Å². The first kappa shape index (κ1) is 14.4. The van der Waals surface area contributed by atoms with E-state index in [1.54, 1.807) is 0 Å². The summed E-state index contributed by atoms with van der Waals surface area (Å²) in [6.45, 7) is 0. The van der Waals surface area contributed by atoms with Gasteiger partial charge in [0, 0.05) is 23.5 Å². The first-order valence-electron chi connectivity index (χ1n) is 5.53. The Morgan fingerprint density at radius 3 is 2.20 bits per heavy atom. The zero-order valence-corrected chi connectivity index (χ0v) is 9.96. The largest absolute Gasteiger partial charge is 0.416 e. The van der Waals surface area contributed by atoms with Crippen LogP contribution >= 0.6 is 0 Å². The van der Waals surface area contributed by atoms with Gasteiger partial charge in [-0.05, 0) is 18.2 Å². The molecule has 1 unspecified atom stereocenters. The Bertz CT molecular complexity index is 604. The van der Waals surface area contributed by atoms with Gasteiger partial charge in [0.05, 0.1) is 11.6 Å². The van der Waals surface area contributed by atoms with Crippen LogP contribution in [0.5, 0.6) is 0 Å². The maximum absolute atomic E-state index is 13.6. The van der Waals surface area contributed by atoms with Gasteiger partial charge >= 0.3 is 6.18 Å². The van der Waals surface area contributed by atoms with E-state index in [4.69, 9.17) is 5.73 Å². The molecule has 2 nitrogen and oxygen atoms in total. The van der Waals surface area contributed by atoms with E-state index in [2.05, 4.69) is 4.98 Å². The van der Waals surface area contributed by atoms with Crippen molar-refractivity contribution in [1.82, 2.24) is 4.98 Å². The third-order valence-corrected chi connectivity index (χ3v) is 2.80. The van der Waals surface area contributed by atoms with Gasteiger partial charge in [0.25, 0.3) is 0 Å². The standard InChI is InChI=1S/C13H9F5N2/c14-9-2-1-3-10(15)11(9)12(19)7-6-20-5-4-8(7)13(16,17)18/h1-6,12H,19H2. The number of benzene rings is 1. The van der Waals surface area contributed by atoms with Crippen molar-refractivity contribution in [2.45, 2.75) is 12.2 Å². The van der Waals surface area contributed by atoms with E-state index < -0.39 is 40.5 Å². The molecule has 1 heterocycles. The number of rotatable bonds is 2. The summed E-state index contributed by atoms with van der Waals surface area (Å²) in [7, 11) is 0. The molecule has 0 fully saturated rings. The number of alkyl halides is 3. The Morgan fingerprint density at radius 1 is 1.05 bits per heavy atom. The van der Waals surface area contributed by atoms with E-state index in [1.807, 2.05) is 0 Å². The molecule has 0 saturated carbocycles. The number of hydrogen-bond donors (Lipinski definition) is 1. The quantitative estimate of drug-likeness (QED) is 0.860. The first-order chi connectivity index (χ1) is 9.32. The van der Waals surface area contributed by atoms with E-state index in [0.717, 1.165) is 30.6 Å². The molecule has 2 rings (SSSR count). The molecule has 0 spiro atoms. The Morgan fingerprint density at radius 2 is 1.65 bits per heavy atom. The maximum Gasteiger partial charge on any atom is 0.416 e. The molecule has 20 heavy (non-hydrogen) atoms. The van der Waals surface area contributed by atoms with Crippen molar-refractivity contribution >= 4 is 0 Å². The number of hydrogen-bond acceptors (Lipinski definition) is 2. The number of halogens is 5. The molecule has 0 aliphatic rings. The van der Waals surface area contributed by atoms with Crippen LogP contribution in [0.3, 0.4) is 0 Å². The first-order valence-corrected chi connectivity index (χ1v) is 5.53. The minimum Gasteiger partial charge on any atom is -0.320 e. The topological polar surface area (TPSA) is 38.9 Å². The molecular formula is C13H9F5N2. The Kier molecular flexibility index (Phi) is 3.71. The molecule has 0 aliphatic heterocycles. The highest BCUT2D eigenvalue weighted by atomic mass is 19.4. The SMILES string of the molecule is NC(c1cnccc1C(F)(F)F)c1c(F)cccc1F. The van der Waals surface area contributed by atoms with Gasteiger partial charge in [0.1, 0.15) is 11.6 Å². The molecule has 0 radical (unpaired) electrons. The molecule has 1 aromatic heterocycles. The van der Waals surface area contributed by atoms with Crippen LogP contribution in [0.2, 0.25) is 0 Å². The summed E-state index contributed by atoms with van der Waals surface area (Å²) in [5.74, 6) is -2.01. The third-order valence-electron chi connectivity index (χ3n) is 2.80. The lowest BCUT2D eigenvalue weighted by Crippen LogP contribution is -2.21. The number of pyridine rings is 1. The minimum absolute atomic E-state index is 0.482. The highest BCUT2D eigenvalue weighted by molar-refractivity contribution is 5.37. The molecule has 1 atom stereocenters. The van der Waals surface area contributed by atoms with Crippen LogP contribution in [0.25, 0.3) is 0 Å². The van der Waals surface area contributed by atoms with Crippen LogP contribution in [0.1, 0.15) is 22.7 Å². The normalized spacial score (nSPS) is 13.3. The fourth-order valence-corrected chi connectivity index (χ4v) is 1.88. The van der Waals surface area contributed by atoms with Gasteiger partial charge in [-0.25, -0.2) is 8.78 Å². The summed E-state index contributed by atoms with van der Waals surface area (Å²) in [6.07, 6.45) is -2.88. The number of nitrogens with two attached hydrogens (primary N) is 1. The molecule has 0 bridgehead atoms. The van der Waals surface area contributed by atoms with Gasteiger partial charge in [0.15, 0.2) is 0 Å². The van der Waals surface area contributed by atoms with Crippen LogP contribution in [-0.4, -0.2) is 4.98 Å². The van der Waals surface area contributed by atoms with E-state index in [1.165, 1.54) is 0 Å². The van der Waals surface area contributed by atoms with Crippen molar-refractivity contribution in [3.63, 3.8) is 0 Å². The Hall–Kier alpha value is -2.02. The van der Waals surface area contributed by atoms with Gasteiger partial charge < -0.3 is 5.73 Å². The van der Waals surface area contributed by atoms with Crippen LogP contribution in [0.15, 0.2) is 36.7 Å². The lowest BCUT2D eigenvalue weighted by atomic mass is 9.96. The summed E-state index contributed by atoms with van der Waals surface area (Å²) in [5.41, 5.74) is 3.43. The summed E-state index contributed by atoms with van der Waals surface area (Å²) >= 11 is 0. The van der Waals surface area contributed by atoms with E-state index in [9.17, 15) is 22.0 Å². The average Bonchev–Trinajstić information content (AvgIpc) is 2.37. The molecule has 0 amide bonds. The van der Waals surface area contributed by atoms with Crippen molar-refractivity contribution in [1.29, 1.82) is 0 Å². The monoisotopic (exact) mass is 288 g/mol. The van der Waals surface area contributed by atoms with Crippen LogP contribution in [0, 0.1) is 11.6 Å². The van der Waals surface area contributed by atoms with E-state index in [-0.39, 0.29) is 0 Å². The van der Waals surface area contributed by atoms with Crippen molar-refractivity contribution in [3.8, 4) is 0 Å². The van der Waals surface area contributed by atoms with E-state index >= 15 is 0 Å². The molecule has 2 aromatic rings. The molecule has 2 N–H and O–H groups in total. The Balaban J connectivity index is 2.58. The second-order valence-electron chi connectivity index (χ2n) is 4.07. The summed E-state index contributed by atoms with van der Waals surface area (Å²) in [5, 5.41) is 0. The molecular weight excluding hydrogens is 279 g/mol. The van der Waals surface area contributed by atoms with Crippen LogP contribution < -0.4 is 5.73 Å². The predicted octanol–water partition coefficient (Wildman–Crippen LogP) is 3.43. The molecule has 7 heteroatoms. The molecule has 0 aliphatic carbocycles. The van der Waals surface area contributed by atoms with Crippen LogP contribution in [-0.2, 0) is 6.18 Å². The fraction of sp³-hybridized carbons (Fsp3) is 0.154. The van der Waals surface area contributed by atoms with Gasteiger partial charge in [-0.1, -0.05) is 6.07 Å². The Labute approximate surface area is 111 Å². The highest BCUT2D eigenvalue weighted by Gasteiger charge is 2.35. The van der Waals surface area contributed by atoms with Crippen LogP contribution in [0.4, 0.5) is 22.0 Å². The summed E-state index contributed by atoms with van der Waals surface area (Å²) < 4.78 is 65.8. The van der Waals surface area contributed by atoms with Gasteiger partial charge in [-0.15, -0.1) is 0 Å². The minimum atomic E-state index is -4.68. The zero-order chi connectivity index (χ0) is 14.9. The van der Waals surface area contributed by atoms with Crippen molar-refractivity contribution in [2.75, 3.05) is 0 Å². The predicted molar refractivity (Wildman–Crippen MR) is 61.6 cm³/mol. The van der Waals surface area contributed by atoms with Crippen molar-refractivity contribution in [3.05, 3.63) is 65.0 Å². The molecule has 0 saturated heterocycles. The fourth-order valence-electron chi connectivity index (χ4n) is 1.88. The van der Waals surface area contributed by atoms with Crippen molar-refractivity contribution in [2.24, 2.45) is 5.73 Å². The van der Waals surface area contributed by atoms with Gasteiger partial charge in [-0.3, -0.25) is 4.98 Å². The third kappa shape index (κ3) is 2.62. The lowest BCUT2D eigenvalue weighted by molar-refractivity contribution is -0.138. The molecule has 1 aromatic carbocycles. The van der Waals surface area contributed by atoms with Gasteiger partial charge in [0.2, 0.25) is 0 Å². The second-order valence-corrected chi connectivity index (χ2v) is 4.07. The second kappa shape index (κ2) is 5.16. The summed E-state index contributed by atoms with van der Waals surface area (Å²) in [4.78, 5) is 3.54.